The Hall–Kier alpha value is -1.14. The fourth-order valence-corrected chi connectivity index (χ4v) is 6.54. The SMILES string of the molecule is CCN(C(=O)/C(=N/OC)c1csc(C)n1)[C@@H]1C(=O)N2C(C)=C(CI)CS[C@H]12. The Labute approximate surface area is 180 Å². The Morgan fingerprint density at radius 3 is 2.81 bits per heavy atom. The van der Waals surface area contributed by atoms with Crippen LogP contribution in [0.15, 0.2) is 21.8 Å². The molecule has 1 aromatic rings. The molecule has 1 aromatic heterocycles. The van der Waals surface area contributed by atoms with Gasteiger partial charge >= 0.3 is 0 Å². The summed E-state index contributed by atoms with van der Waals surface area (Å²) in [5.74, 6) is 0.522. The van der Waals surface area contributed by atoms with Crippen molar-refractivity contribution in [2.75, 3.05) is 23.8 Å². The molecule has 0 saturated carbocycles. The molecule has 146 valence electrons. The molecule has 7 nitrogen and oxygen atoms in total. The quantitative estimate of drug-likeness (QED) is 0.190. The van der Waals surface area contributed by atoms with E-state index in [1.54, 1.807) is 22.0 Å². The number of oxime groups is 1. The van der Waals surface area contributed by atoms with E-state index in [4.69, 9.17) is 4.84 Å². The van der Waals surface area contributed by atoms with E-state index in [-0.39, 0.29) is 22.9 Å². The van der Waals surface area contributed by atoms with Crippen LogP contribution in [0, 0.1) is 6.92 Å². The third kappa shape index (κ3) is 3.63. The van der Waals surface area contributed by atoms with Gasteiger partial charge in [-0.3, -0.25) is 14.5 Å². The second-order valence-corrected chi connectivity index (χ2v) is 9.07. The lowest BCUT2D eigenvalue weighted by molar-refractivity contribution is -0.154. The van der Waals surface area contributed by atoms with Crippen LogP contribution in [0.2, 0.25) is 0 Å². The summed E-state index contributed by atoms with van der Waals surface area (Å²) in [5.41, 5.74) is 2.92. The molecule has 3 heterocycles. The summed E-state index contributed by atoms with van der Waals surface area (Å²) >= 11 is 5.48. The molecule has 0 spiro atoms. The maximum atomic E-state index is 13.2. The number of aryl methyl sites for hydroxylation is 1. The summed E-state index contributed by atoms with van der Waals surface area (Å²) in [6.07, 6.45) is 0. The van der Waals surface area contributed by atoms with Gasteiger partial charge in [-0.15, -0.1) is 23.1 Å². The average Bonchev–Trinajstić information content (AvgIpc) is 3.08. The van der Waals surface area contributed by atoms with Crippen LogP contribution in [-0.2, 0) is 14.4 Å². The molecule has 27 heavy (non-hydrogen) atoms. The van der Waals surface area contributed by atoms with E-state index >= 15 is 0 Å². The van der Waals surface area contributed by atoms with Crippen molar-refractivity contribution in [1.82, 2.24) is 14.8 Å². The molecule has 0 unspecified atom stereocenters. The smallest absolute Gasteiger partial charge is 0.278 e. The molecular formula is C17H21IN4O3S2. The van der Waals surface area contributed by atoms with Crippen molar-refractivity contribution in [3.63, 3.8) is 0 Å². The van der Waals surface area contributed by atoms with Crippen molar-refractivity contribution in [3.05, 3.63) is 27.4 Å². The molecule has 2 aliphatic rings. The maximum Gasteiger partial charge on any atom is 0.278 e. The van der Waals surface area contributed by atoms with Gasteiger partial charge in [0.2, 0.25) is 0 Å². The number of likely N-dealkylation sites (N-methyl/N-ethyl adjacent to an activating group) is 1. The molecule has 0 bridgehead atoms. The highest BCUT2D eigenvalue weighted by atomic mass is 127. The van der Waals surface area contributed by atoms with Crippen molar-refractivity contribution in [2.45, 2.75) is 32.2 Å². The number of amides is 2. The van der Waals surface area contributed by atoms with Crippen molar-refractivity contribution >= 4 is 63.2 Å². The maximum absolute atomic E-state index is 13.2. The number of rotatable bonds is 6. The number of hydrogen-bond donors (Lipinski definition) is 0. The predicted molar refractivity (Wildman–Crippen MR) is 116 cm³/mol. The van der Waals surface area contributed by atoms with Gasteiger partial charge in [-0.1, -0.05) is 27.7 Å². The highest BCUT2D eigenvalue weighted by molar-refractivity contribution is 14.1. The van der Waals surface area contributed by atoms with Gasteiger partial charge < -0.3 is 9.74 Å². The first-order chi connectivity index (χ1) is 12.9. The predicted octanol–water partition coefficient (Wildman–Crippen LogP) is 2.64. The van der Waals surface area contributed by atoms with Gasteiger partial charge in [-0.05, 0) is 26.3 Å². The van der Waals surface area contributed by atoms with E-state index < -0.39 is 6.04 Å². The lowest BCUT2D eigenvalue weighted by atomic mass is 10.0. The number of β-lactam (4-membered cyclic amide) rings is 1. The van der Waals surface area contributed by atoms with Crippen molar-refractivity contribution < 1.29 is 14.4 Å². The van der Waals surface area contributed by atoms with Crippen LogP contribution in [-0.4, -0.2) is 67.6 Å². The number of carbonyl (C=O) groups is 2. The monoisotopic (exact) mass is 520 g/mol. The number of hydrogen-bond acceptors (Lipinski definition) is 7. The molecule has 0 aliphatic carbocycles. The Morgan fingerprint density at radius 2 is 2.26 bits per heavy atom. The standard InChI is InChI=1S/C17H21IN4O3S2/c1-5-21(15(23)13(20-25-4)12-8-26-10(3)19-12)14-16(24)22-9(2)11(6-18)7-27-17(14)22/h8,14,17H,5-7H2,1-4H3/b20-13+/t14-,17-/m1/s1. The number of aromatic nitrogens is 1. The number of allylic oxidation sites excluding steroid dienone is 1. The Morgan fingerprint density at radius 1 is 1.52 bits per heavy atom. The first-order valence-corrected chi connectivity index (χ1v) is 11.9. The largest absolute Gasteiger partial charge is 0.398 e. The number of thiazole rings is 1. The van der Waals surface area contributed by atoms with Gasteiger partial charge in [-0.25, -0.2) is 4.98 Å². The minimum Gasteiger partial charge on any atom is -0.398 e. The number of alkyl halides is 1. The van der Waals surface area contributed by atoms with Crippen LogP contribution in [0.3, 0.4) is 0 Å². The molecule has 0 radical (unpaired) electrons. The van der Waals surface area contributed by atoms with E-state index in [1.165, 1.54) is 24.0 Å². The highest BCUT2D eigenvalue weighted by Gasteiger charge is 2.54. The molecule has 2 aliphatic heterocycles. The van der Waals surface area contributed by atoms with Gasteiger partial charge in [0.15, 0.2) is 5.71 Å². The normalized spacial score (nSPS) is 22.5. The number of fused-ring (bicyclic) bond motifs is 1. The van der Waals surface area contributed by atoms with E-state index in [1.807, 2.05) is 25.7 Å². The minimum absolute atomic E-state index is 0.0338. The molecule has 2 atom stereocenters. The van der Waals surface area contributed by atoms with Gasteiger partial charge in [-0.2, -0.15) is 0 Å². The minimum atomic E-state index is -0.486. The molecule has 1 saturated heterocycles. The first kappa shape index (κ1) is 20.6. The number of nitrogens with zero attached hydrogens (tertiary/aromatic N) is 4. The fourth-order valence-electron chi connectivity index (χ4n) is 3.22. The molecule has 3 rings (SSSR count). The van der Waals surface area contributed by atoms with Crippen molar-refractivity contribution in [2.24, 2.45) is 5.16 Å². The molecule has 1 fully saturated rings. The number of halogens is 1. The third-order valence-corrected chi connectivity index (χ3v) is 7.68. The summed E-state index contributed by atoms with van der Waals surface area (Å²) in [5, 5.41) is 6.49. The van der Waals surface area contributed by atoms with E-state index in [9.17, 15) is 9.59 Å². The molecular weight excluding hydrogens is 499 g/mol. The van der Waals surface area contributed by atoms with E-state index in [0.29, 0.717) is 12.2 Å². The van der Waals surface area contributed by atoms with E-state index in [2.05, 4.69) is 32.7 Å². The lowest BCUT2D eigenvalue weighted by Gasteiger charge is -2.53. The van der Waals surface area contributed by atoms with Crippen LogP contribution in [0.5, 0.6) is 0 Å². The molecule has 0 aromatic carbocycles. The van der Waals surface area contributed by atoms with Crippen molar-refractivity contribution in [1.29, 1.82) is 0 Å². The zero-order valence-electron chi connectivity index (χ0n) is 15.6. The summed E-state index contributed by atoms with van der Waals surface area (Å²) < 4.78 is 0.905. The van der Waals surface area contributed by atoms with Crippen LogP contribution < -0.4 is 0 Å². The summed E-state index contributed by atoms with van der Waals surface area (Å²) in [6, 6.07) is -0.486. The topological polar surface area (TPSA) is 75.1 Å². The summed E-state index contributed by atoms with van der Waals surface area (Å²) in [4.78, 5) is 38.8. The van der Waals surface area contributed by atoms with Crippen LogP contribution in [0.4, 0.5) is 0 Å². The average molecular weight is 520 g/mol. The zero-order chi connectivity index (χ0) is 19.7. The molecule has 10 heteroatoms. The lowest BCUT2D eigenvalue weighted by Crippen LogP contribution is -2.71. The highest BCUT2D eigenvalue weighted by Crippen LogP contribution is 2.42. The van der Waals surface area contributed by atoms with Gasteiger partial charge in [0.1, 0.15) is 24.2 Å². The number of carbonyl (C=O) groups excluding carboxylic acids is 2. The summed E-state index contributed by atoms with van der Waals surface area (Å²) in [7, 11) is 1.40. The Bertz CT molecular complexity index is 823. The van der Waals surface area contributed by atoms with Crippen LogP contribution >= 0.6 is 45.7 Å². The second-order valence-electron chi connectivity index (χ2n) is 6.14. The van der Waals surface area contributed by atoms with Crippen LogP contribution in [0.25, 0.3) is 0 Å². The van der Waals surface area contributed by atoms with Gasteiger partial charge in [0.05, 0.1) is 5.01 Å². The number of thioether (sulfide) groups is 1. The van der Waals surface area contributed by atoms with Crippen molar-refractivity contribution in [3.8, 4) is 0 Å². The Balaban J connectivity index is 1.87. The van der Waals surface area contributed by atoms with Gasteiger partial charge in [0.25, 0.3) is 11.8 Å². The Kier molecular flexibility index (Phi) is 6.46. The fraction of sp³-hybridized carbons (Fsp3) is 0.529. The second kappa shape index (κ2) is 8.48. The summed E-state index contributed by atoms with van der Waals surface area (Å²) in [6.45, 7) is 6.14. The third-order valence-electron chi connectivity index (χ3n) is 4.66. The zero-order valence-corrected chi connectivity index (χ0v) is 19.4. The van der Waals surface area contributed by atoms with E-state index in [0.717, 1.165) is 20.9 Å². The molecule has 2 amide bonds. The van der Waals surface area contributed by atoms with Crippen LogP contribution in [0.1, 0.15) is 24.5 Å². The first-order valence-electron chi connectivity index (χ1n) is 8.48. The van der Waals surface area contributed by atoms with Gasteiger partial charge in [0, 0.05) is 27.8 Å². The molecule has 0 N–H and O–H groups in total.